The maximum atomic E-state index is 12.1. The zero-order valence-electron chi connectivity index (χ0n) is 12.6. The molecule has 2 amide bonds. The molecule has 120 valence electrons. The van der Waals surface area contributed by atoms with Crippen LogP contribution in [-0.2, 0) is 14.3 Å². The molecule has 1 heterocycles. The minimum atomic E-state index is -0.0867. The number of halogens is 1. The van der Waals surface area contributed by atoms with Gasteiger partial charge in [-0.1, -0.05) is 12.1 Å². The van der Waals surface area contributed by atoms with Gasteiger partial charge < -0.3 is 19.9 Å². The van der Waals surface area contributed by atoms with E-state index in [1.807, 2.05) is 31.3 Å². The predicted molar refractivity (Wildman–Crippen MR) is 91.8 cm³/mol. The van der Waals surface area contributed by atoms with Gasteiger partial charge in [0.1, 0.15) is 0 Å². The third kappa shape index (κ3) is 5.22. The van der Waals surface area contributed by atoms with E-state index in [1.165, 1.54) is 0 Å². The summed E-state index contributed by atoms with van der Waals surface area (Å²) in [6, 6.07) is 7.62. The Labute approximate surface area is 143 Å². The summed E-state index contributed by atoms with van der Waals surface area (Å²) in [7, 11) is 1.86. The van der Waals surface area contributed by atoms with Gasteiger partial charge in [-0.05, 0) is 34.7 Å². The van der Waals surface area contributed by atoms with Gasteiger partial charge >= 0.3 is 0 Å². The highest BCUT2D eigenvalue weighted by molar-refractivity contribution is 14.1. The van der Waals surface area contributed by atoms with Crippen LogP contribution in [0.15, 0.2) is 24.3 Å². The molecule has 1 aliphatic rings. The Hall–Kier alpha value is -1.19. The maximum absolute atomic E-state index is 12.1. The number of ether oxygens (including phenoxy) is 1. The summed E-state index contributed by atoms with van der Waals surface area (Å²) in [6.45, 7) is 3.05. The fourth-order valence-electron chi connectivity index (χ4n) is 2.28. The van der Waals surface area contributed by atoms with Crippen molar-refractivity contribution in [2.24, 2.45) is 0 Å². The first kappa shape index (κ1) is 17.2. The van der Waals surface area contributed by atoms with Crippen LogP contribution in [0.1, 0.15) is 0 Å². The van der Waals surface area contributed by atoms with Crippen molar-refractivity contribution in [3.8, 4) is 0 Å². The average molecular weight is 418 g/mol. The maximum Gasteiger partial charge on any atom is 0.279 e. The number of benzene rings is 1. The van der Waals surface area contributed by atoms with Crippen LogP contribution in [0, 0.1) is 3.57 Å². The first-order valence-electron chi connectivity index (χ1n) is 7.27. The molecule has 6 nitrogen and oxygen atoms in total. The molecule has 1 saturated heterocycles. The van der Waals surface area contributed by atoms with Gasteiger partial charge in [-0.2, -0.15) is 0 Å². The number of carbonyl (C=O) groups is 2. The molecule has 0 aliphatic carbocycles. The first-order valence-corrected chi connectivity index (χ1v) is 8.35. The number of hydrogen-bond donors (Lipinski definition) is 2. The number of carbonyl (C=O) groups excluding carboxylic acids is 2. The molecule has 0 saturated carbocycles. The molecule has 0 aromatic heterocycles. The molecule has 2 rings (SSSR count). The highest BCUT2D eigenvalue weighted by Crippen LogP contribution is 2.16. The summed E-state index contributed by atoms with van der Waals surface area (Å²) < 4.78 is 6.23. The third-order valence-corrected chi connectivity index (χ3v) is 4.37. The van der Waals surface area contributed by atoms with Crippen LogP contribution in [0.25, 0.3) is 0 Å². The van der Waals surface area contributed by atoms with E-state index in [0.29, 0.717) is 32.8 Å². The Kier molecular flexibility index (Phi) is 6.59. The van der Waals surface area contributed by atoms with Crippen LogP contribution in [-0.4, -0.2) is 63.2 Å². The van der Waals surface area contributed by atoms with Crippen LogP contribution >= 0.6 is 22.6 Å². The second-order valence-corrected chi connectivity index (χ2v) is 6.49. The fourth-order valence-corrected chi connectivity index (χ4v) is 2.80. The molecule has 1 aromatic carbocycles. The molecule has 1 aliphatic heterocycles. The quantitative estimate of drug-likeness (QED) is 0.641. The van der Waals surface area contributed by atoms with Crippen molar-refractivity contribution >= 4 is 40.1 Å². The number of amides is 2. The van der Waals surface area contributed by atoms with E-state index in [9.17, 15) is 9.59 Å². The highest BCUT2D eigenvalue weighted by Gasteiger charge is 2.21. The summed E-state index contributed by atoms with van der Waals surface area (Å²) in [4.78, 5) is 26.8. The lowest BCUT2D eigenvalue weighted by Crippen LogP contribution is -3.11. The molecule has 1 unspecified atom stereocenters. The second kappa shape index (κ2) is 8.44. The monoisotopic (exact) mass is 418 g/mol. The average Bonchev–Trinajstić information content (AvgIpc) is 2.50. The van der Waals surface area contributed by atoms with Crippen LogP contribution in [0.2, 0.25) is 0 Å². The predicted octanol–water partition coefficient (Wildman–Crippen LogP) is -0.397. The lowest BCUT2D eigenvalue weighted by Gasteiger charge is -2.27. The van der Waals surface area contributed by atoms with Gasteiger partial charge in [0, 0.05) is 16.7 Å². The number of morpholine rings is 1. The smallest absolute Gasteiger partial charge is 0.279 e. The summed E-state index contributed by atoms with van der Waals surface area (Å²) in [5.41, 5.74) is 0.806. The van der Waals surface area contributed by atoms with E-state index in [2.05, 4.69) is 27.9 Å². The van der Waals surface area contributed by atoms with Gasteiger partial charge in [-0.15, -0.1) is 0 Å². The van der Waals surface area contributed by atoms with Gasteiger partial charge in [0.05, 0.1) is 25.9 Å². The number of nitrogens with zero attached hydrogens (tertiary/aromatic N) is 1. The standard InChI is InChI=1S/C15H20IN3O3/c1-18(11-15(21)19-6-8-22-9-7-19)10-14(20)17-13-5-3-2-4-12(13)16/h2-5H,6-11H2,1H3,(H,17,20)/p+1. The zero-order valence-corrected chi connectivity index (χ0v) is 14.8. The summed E-state index contributed by atoms with van der Waals surface area (Å²) >= 11 is 2.18. The van der Waals surface area contributed by atoms with Crippen molar-refractivity contribution in [3.05, 3.63) is 27.8 Å². The molecule has 22 heavy (non-hydrogen) atoms. The lowest BCUT2D eigenvalue weighted by molar-refractivity contribution is -0.862. The topological polar surface area (TPSA) is 63.1 Å². The molecule has 0 spiro atoms. The van der Waals surface area contributed by atoms with Gasteiger partial charge in [0.2, 0.25) is 0 Å². The number of rotatable bonds is 5. The molecular formula is C15H21IN3O3+. The largest absolute Gasteiger partial charge is 0.378 e. The van der Waals surface area contributed by atoms with E-state index >= 15 is 0 Å². The van der Waals surface area contributed by atoms with Gasteiger partial charge in [-0.3, -0.25) is 9.59 Å². The second-order valence-electron chi connectivity index (χ2n) is 5.33. The lowest BCUT2D eigenvalue weighted by atomic mass is 10.3. The molecule has 2 N–H and O–H groups in total. The van der Waals surface area contributed by atoms with E-state index in [-0.39, 0.29) is 18.4 Å². The molecule has 0 bridgehead atoms. The minimum absolute atomic E-state index is 0.0721. The summed E-state index contributed by atoms with van der Waals surface area (Å²) in [5, 5.41) is 2.88. The number of quaternary nitrogens is 1. The molecule has 0 radical (unpaired) electrons. The Balaban J connectivity index is 1.78. The highest BCUT2D eigenvalue weighted by atomic mass is 127. The normalized spacial score (nSPS) is 16.2. The van der Waals surface area contributed by atoms with Crippen LogP contribution in [0.5, 0.6) is 0 Å². The third-order valence-electron chi connectivity index (χ3n) is 3.43. The Morgan fingerprint density at radius 3 is 2.64 bits per heavy atom. The van der Waals surface area contributed by atoms with Crippen LogP contribution in [0.4, 0.5) is 5.69 Å². The van der Waals surface area contributed by atoms with Crippen LogP contribution < -0.4 is 10.2 Å². The number of nitrogens with one attached hydrogen (secondary N) is 2. The SMILES string of the molecule is C[NH+](CC(=O)Nc1ccccc1I)CC(=O)N1CCOCC1. The van der Waals surface area contributed by atoms with E-state index in [0.717, 1.165) is 14.2 Å². The van der Waals surface area contributed by atoms with Gasteiger partial charge in [-0.25, -0.2) is 0 Å². The number of para-hydroxylation sites is 1. The number of likely N-dealkylation sites (N-methyl/N-ethyl adjacent to an activating group) is 1. The van der Waals surface area contributed by atoms with Crippen molar-refractivity contribution in [1.29, 1.82) is 0 Å². The van der Waals surface area contributed by atoms with Crippen molar-refractivity contribution in [2.45, 2.75) is 0 Å². The van der Waals surface area contributed by atoms with Crippen molar-refractivity contribution in [2.75, 3.05) is 51.8 Å². The molecule has 1 atom stereocenters. The number of hydrogen-bond acceptors (Lipinski definition) is 3. The zero-order chi connectivity index (χ0) is 15.9. The van der Waals surface area contributed by atoms with Gasteiger partial charge in [0.15, 0.2) is 13.1 Å². The molecule has 1 aromatic rings. The molecule has 7 heteroatoms. The van der Waals surface area contributed by atoms with Crippen LogP contribution in [0.3, 0.4) is 0 Å². The summed E-state index contributed by atoms with van der Waals surface area (Å²) in [6.07, 6.45) is 0. The summed E-state index contributed by atoms with van der Waals surface area (Å²) in [5.74, 6) is -0.0146. The fraction of sp³-hybridized carbons (Fsp3) is 0.467. The molecule has 1 fully saturated rings. The Bertz CT molecular complexity index is 533. The first-order chi connectivity index (χ1) is 10.6. The Morgan fingerprint density at radius 1 is 1.27 bits per heavy atom. The Morgan fingerprint density at radius 2 is 1.95 bits per heavy atom. The van der Waals surface area contributed by atoms with E-state index in [4.69, 9.17) is 4.74 Å². The van der Waals surface area contributed by atoms with Crippen molar-refractivity contribution in [3.63, 3.8) is 0 Å². The van der Waals surface area contributed by atoms with E-state index < -0.39 is 0 Å². The minimum Gasteiger partial charge on any atom is -0.378 e. The van der Waals surface area contributed by atoms with Crippen molar-refractivity contribution < 1.29 is 19.2 Å². The number of anilines is 1. The van der Waals surface area contributed by atoms with E-state index in [1.54, 1.807) is 4.90 Å². The van der Waals surface area contributed by atoms with Crippen molar-refractivity contribution in [1.82, 2.24) is 4.90 Å². The van der Waals surface area contributed by atoms with Gasteiger partial charge in [0.25, 0.3) is 11.8 Å². The molecular weight excluding hydrogens is 397 g/mol.